The van der Waals surface area contributed by atoms with Crippen LogP contribution in [0, 0.1) is 0 Å². The zero-order valence-corrected chi connectivity index (χ0v) is 17.2. The van der Waals surface area contributed by atoms with Gasteiger partial charge in [0.2, 0.25) is 0 Å². The molecule has 0 aliphatic rings. The highest BCUT2D eigenvalue weighted by molar-refractivity contribution is 7.94. The number of phenols is 1. The number of nitrogens with one attached hydrogen (secondary N) is 1. The number of aromatic hydroxyl groups is 1. The van der Waals surface area contributed by atoms with Crippen LogP contribution in [-0.4, -0.2) is 19.5 Å². The zero-order chi connectivity index (χ0) is 20.3. The molecule has 146 valence electrons. The van der Waals surface area contributed by atoms with E-state index >= 15 is 0 Å². The molecule has 0 unspecified atom stereocenters. The van der Waals surface area contributed by atoms with Crippen LogP contribution in [0.5, 0.6) is 5.75 Å². The average Bonchev–Trinajstić information content (AvgIpc) is 3.18. The van der Waals surface area contributed by atoms with Crippen LogP contribution >= 0.6 is 34.5 Å². The van der Waals surface area contributed by atoms with Gasteiger partial charge in [-0.05, 0) is 41.8 Å². The summed E-state index contributed by atoms with van der Waals surface area (Å²) in [5.41, 5.74) is 0.330. The van der Waals surface area contributed by atoms with E-state index in [9.17, 15) is 18.3 Å². The number of rotatable bonds is 6. The lowest BCUT2D eigenvalue weighted by molar-refractivity contribution is 0.0470. The van der Waals surface area contributed by atoms with E-state index < -0.39 is 16.0 Å². The topological polar surface area (TPSA) is 92.7 Å². The number of anilines is 1. The van der Waals surface area contributed by atoms with Crippen molar-refractivity contribution in [1.82, 2.24) is 0 Å². The summed E-state index contributed by atoms with van der Waals surface area (Å²) in [6.45, 7) is -0.206. The third kappa shape index (κ3) is 4.59. The smallest absolute Gasteiger partial charge is 0.342 e. The normalized spacial score (nSPS) is 11.2. The Balaban J connectivity index is 1.78. The second kappa shape index (κ2) is 8.40. The Morgan fingerprint density at radius 3 is 2.46 bits per heavy atom. The first-order chi connectivity index (χ1) is 13.3. The summed E-state index contributed by atoms with van der Waals surface area (Å²) in [6, 6.07) is 11.7. The van der Waals surface area contributed by atoms with Crippen molar-refractivity contribution in [2.24, 2.45) is 0 Å². The Labute approximate surface area is 175 Å². The number of hydrogen-bond donors (Lipinski definition) is 2. The molecule has 0 atom stereocenters. The lowest BCUT2D eigenvalue weighted by Gasteiger charge is -2.11. The van der Waals surface area contributed by atoms with Crippen LogP contribution in [0.25, 0.3) is 0 Å². The first-order valence-corrected chi connectivity index (χ1v) is 10.9. The molecule has 0 bridgehead atoms. The molecule has 0 aliphatic carbocycles. The Morgan fingerprint density at radius 1 is 1.11 bits per heavy atom. The van der Waals surface area contributed by atoms with E-state index in [1.165, 1.54) is 24.3 Å². The maximum Gasteiger partial charge on any atom is 0.342 e. The maximum atomic E-state index is 12.4. The number of sulfonamides is 1. The fraction of sp³-hybridized carbons (Fsp3) is 0.0556. The predicted molar refractivity (Wildman–Crippen MR) is 109 cm³/mol. The molecule has 0 saturated carbocycles. The van der Waals surface area contributed by atoms with Crippen molar-refractivity contribution in [1.29, 1.82) is 0 Å². The number of ether oxygens (including phenoxy) is 1. The highest BCUT2D eigenvalue weighted by Crippen LogP contribution is 2.28. The van der Waals surface area contributed by atoms with E-state index in [0.29, 0.717) is 15.6 Å². The van der Waals surface area contributed by atoms with Crippen LogP contribution in [0.3, 0.4) is 0 Å². The number of carbonyl (C=O) groups is 1. The molecule has 0 spiro atoms. The molecule has 2 N–H and O–H groups in total. The van der Waals surface area contributed by atoms with Gasteiger partial charge in [0.1, 0.15) is 22.1 Å². The van der Waals surface area contributed by atoms with E-state index in [-0.39, 0.29) is 27.8 Å². The minimum atomic E-state index is -3.79. The number of hydrogen-bond acceptors (Lipinski definition) is 6. The van der Waals surface area contributed by atoms with Gasteiger partial charge in [0.15, 0.2) is 0 Å². The van der Waals surface area contributed by atoms with Crippen LogP contribution < -0.4 is 4.72 Å². The van der Waals surface area contributed by atoms with Crippen LogP contribution in [0.4, 0.5) is 5.69 Å². The van der Waals surface area contributed by atoms with Crippen molar-refractivity contribution >= 4 is 56.2 Å². The fourth-order valence-electron chi connectivity index (χ4n) is 2.27. The second-order valence-electron chi connectivity index (χ2n) is 5.55. The minimum Gasteiger partial charge on any atom is -0.507 e. The van der Waals surface area contributed by atoms with Gasteiger partial charge in [-0.1, -0.05) is 35.3 Å². The summed E-state index contributed by atoms with van der Waals surface area (Å²) in [5.74, 6) is -1.21. The van der Waals surface area contributed by atoms with Crippen molar-refractivity contribution < 1.29 is 23.1 Å². The zero-order valence-electron chi connectivity index (χ0n) is 14.1. The van der Waals surface area contributed by atoms with Gasteiger partial charge >= 0.3 is 5.97 Å². The molecule has 10 heteroatoms. The van der Waals surface area contributed by atoms with Crippen molar-refractivity contribution in [3.63, 3.8) is 0 Å². The predicted octanol–water partition coefficient (Wildman–Crippen LogP) is 4.92. The number of carbonyl (C=O) groups excluding carboxylic acids is 1. The third-order valence-corrected chi connectivity index (χ3v) is 7.12. The minimum absolute atomic E-state index is 0.105. The Bertz CT molecular complexity index is 1090. The number of esters is 1. The van der Waals surface area contributed by atoms with Gasteiger partial charge in [-0.25, -0.2) is 13.2 Å². The number of benzene rings is 2. The number of thiophene rings is 1. The highest BCUT2D eigenvalue weighted by Gasteiger charge is 2.19. The Morgan fingerprint density at radius 2 is 1.82 bits per heavy atom. The van der Waals surface area contributed by atoms with Crippen LogP contribution in [-0.2, 0) is 21.4 Å². The molecule has 3 rings (SSSR count). The van der Waals surface area contributed by atoms with Gasteiger partial charge in [-0.15, -0.1) is 11.3 Å². The first-order valence-electron chi connectivity index (χ1n) is 7.77. The molecular weight excluding hydrogens is 445 g/mol. The first kappa shape index (κ1) is 20.5. The largest absolute Gasteiger partial charge is 0.507 e. The fourth-order valence-corrected chi connectivity index (χ4v) is 4.82. The quantitative estimate of drug-likeness (QED) is 0.404. The molecule has 1 aromatic heterocycles. The van der Waals surface area contributed by atoms with Gasteiger partial charge in [0.05, 0.1) is 0 Å². The van der Waals surface area contributed by atoms with Crippen LogP contribution in [0.1, 0.15) is 15.9 Å². The molecule has 2 aromatic carbocycles. The second-order valence-corrected chi connectivity index (χ2v) is 9.22. The van der Waals surface area contributed by atoms with Crippen molar-refractivity contribution in [2.45, 2.75) is 10.8 Å². The van der Waals surface area contributed by atoms with Crippen molar-refractivity contribution in [3.8, 4) is 5.75 Å². The van der Waals surface area contributed by atoms with Crippen LogP contribution in [0.2, 0.25) is 10.0 Å². The van der Waals surface area contributed by atoms with E-state index in [1.807, 2.05) is 0 Å². The highest BCUT2D eigenvalue weighted by atomic mass is 35.5. The average molecular weight is 458 g/mol. The Kier molecular flexibility index (Phi) is 6.14. The molecule has 28 heavy (non-hydrogen) atoms. The SMILES string of the molecule is O=C(OCc1c(Cl)cccc1Cl)c1cc(NS(=O)(=O)c2cccs2)ccc1O. The summed E-state index contributed by atoms with van der Waals surface area (Å²) in [4.78, 5) is 12.4. The monoisotopic (exact) mass is 457 g/mol. The third-order valence-electron chi connectivity index (χ3n) is 3.64. The lowest BCUT2D eigenvalue weighted by atomic mass is 10.2. The van der Waals surface area contributed by atoms with Crippen molar-refractivity contribution in [2.75, 3.05) is 4.72 Å². The van der Waals surface area contributed by atoms with E-state index in [2.05, 4.69) is 4.72 Å². The standard InChI is InChI=1S/C18H13Cl2NO5S2/c19-14-3-1-4-15(20)13(14)10-26-18(23)12-9-11(6-7-16(12)22)21-28(24,25)17-5-2-8-27-17/h1-9,21-22H,10H2. The molecule has 0 aliphatic heterocycles. The van der Waals surface area contributed by atoms with Gasteiger partial charge in [0.25, 0.3) is 10.0 Å². The van der Waals surface area contributed by atoms with Gasteiger partial charge in [-0.3, -0.25) is 4.72 Å². The van der Waals surface area contributed by atoms with Gasteiger partial charge in [-0.2, -0.15) is 0 Å². The van der Waals surface area contributed by atoms with Gasteiger partial charge < -0.3 is 9.84 Å². The van der Waals surface area contributed by atoms with E-state index in [0.717, 1.165) is 11.3 Å². The molecule has 0 amide bonds. The van der Waals surface area contributed by atoms with Crippen LogP contribution in [0.15, 0.2) is 58.1 Å². The van der Waals surface area contributed by atoms with E-state index in [1.54, 1.807) is 29.6 Å². The maximum absolute atomic E-state index is 12.4. The number of halogens is 2. The molecule has 0 saturated heterocycles. The molecule has 6 nitrogen and oxygen atoms in total. The molecule has 0 radical (unpaired) electrons. The summed E-state index contributed by atoms with van der Waals surface area (Å²) < 4.78 is 32.3. The Hall–Kier alpha value is -2.26. The summed E-state index contributed by atoms with van der Waals surface area (Å²) in [6.07, 6.45) is 0. The number of phenolic OH excluding ortho intramolecular Hbond substituents is 1. The molecule has 0 fully saturated rings. The summed E-state index contributed by atoms with van der Waals surface area (Å²) in [7, 11) is -3.79. The molecule has 1 heterocycles. The van der Waals surface area contributed by atoms with Gasteiger partial charge in [0, 0.05) is 21.3 Å². The molecule has 3 aromatic rings. The van der Waals surface area contributed by atoms with E-state index in [4.69, 9.17) is 27.9 Å². The lowest BCUT2D eigenvalue weighted by Crippen LogP contribution is -2.12. The van der Waals surface area contributed by atoms with Crippen molar-refractivity contribution in [3.05, 3.63) is 75.1 Å². The summed E-state index contributed by atoms with van der Waals surface area (Å²) in [5, 5.41) is 12.3. The summed E-state index contributed by atoms with van der Waals surface area (Å²) >= 11 is 13.1. The molecular formula is C18H13Cl2NO5S2.